The van der Waals surface area contributed by atoms with Crippen LogP contribution in [0, 0.1) is 0 Å². The number of nitrogens with zero attached hydrogens (tertiary/aromatic N) is 7. The SMILES string of the molecule is COC(=O)Cn1c(=O)c2c(nc(C3CCCCC3)n2Cc2ccc(-c3ccccc3-c3nn[nH]n3)cc2)n(C(C)c2ccccc2)c1=O. The van der Waals surface area contributed by atoms with Crippen LogP contribution in [0.4, 0.5) is 0 Å². The van der Waals surface area contributed by atoms with Crippen molar-refractivity contribution in [3.05, 3.63) is 117 Å². The number of imidazole rings is 1. The van der Waals surface area contributed by atoms with Crippen LogP contribution < -0.4 is 11.2 Å². The molecule has 1 unspecified atom stereocenters. The standard InChI is InChI=1S/C36H36N8O4/c1-23(25-11-5-3-6-12-25)44-34-31(35(46)43(36(44)47)22-30(45)48-2)42(33(37-34)27-13-7-4-8-14-27)21-24-17-19-26(20-18-24)28-15-9-10-16-29(28)32-38-40-41-39-32/h3,5-6,9-12,15-20,23,27H,4,7-8,13-14,21-22H2,1-2H3,(H,38,39,40,41). The van der Waals surface area contributed by atoms with Crippen molar-refractivity contribution in [2.45, 2.75) is 64.1 Å². The number of tetrazole rings is 1. The van der Waals surface area contributed by atoms with E-state index in [2.05, 4.69) is 20.6 Å². The van der Waals surface area contributed by atoms with Crippen LogP contribution in [-0.4, -0.2) is 52.4 Å². The second-order valence-electron chi connectivity index (χ2n) is 12.2. The summed E-state index contributed by atoms with van der Waals surface area (Å²) >= 11 is 0. The summed E-state index contributed by atoms with van der Waals surface area (Å²) in [5.41, 5.74) is 4.11. The summed E-state index contributed by atoms with van der Waals surface area (Å²) in [6, 6.07) is 25.2. The Labute approximate surface area is 276 Å². The van der Waals surface area contributed by atoms with Gasteiger partial charge in [0, 0.05) is 18.0 Å². The zero-order valence-corrected chi connectivity index (χ0v) is 26.9. The molecule has 1 atom stereocenters. The van der Waals surface area contributed by atoms with E-state index in [-0.39, 0.29) is 5.92 Å². The molecular formula is C36H36N8O4. The molecule has 0 spiro atoms. The molecule has 3 aromatic carbocycles. The lowest BCUT2D eigenvalue weighted by molar-refractivity contribution is -0.141. The lowest BCUT2D eigenvalue weighted by atomic mass is 9.88. The van der Waals surface area contributed by atoms with Gasteiger partial charge in [0.15, 0.2) is 11.2 Å². The first kappa shape index (κ1) is 31.0. The number of rotatable bonds is 9. The first-order valence-electron chi connectivity index (χ1n) is 16.2. The van der Waals surface area contributed by atoms with Crippen LogP contribution in [0.5, 0.6) is 0 Å². The average Bonchev–Trinajstić information content (AvgIpc) is 3.80. The molecule has 0 saturated heterocycles. The zero-order chi connectivity index (χ0) is 33.2. The summed E-state index contributed by atoms with van der Waals surface area (Å²) in [7, 11) is 1.24. The first-order valence-corrected chi connectivity index (χ1v) is 16.2. The number of methoxy groups -OCH3 is 1. The van der Waals surface area contributed by atoms with Crippen LogP contribution in [0.25, 0.3) is 33.7 Å². The highest BCUT2D eigenvalue weighted by atomic mass is 16.5. The number of benzene rings is 3. The van der Waals surface area contributed by atoms with E-state index in [0.717, 1.165) is 70.3 Å². The minimum Gasteiger partial charge on any atom is -0.468 e. The predicted molar refractivity (Wildman–Crippen MR) is 181 cm³/mol. The molecule has 1 fully saturated rings. The van der Waals surface area contributed by atoms with Gasteiger partial charge in [0.05, 0.1) is 13.2 Å². The Bertz CT molecular complexity index is 2180. The summed E-state index contributed by atoms with van der Waals surface area (Å²) < 4.78 is 9.39. The number of carbonyl (C=O) groups excluding carboxylic acids is 1. The average molecular weight is 645 g/mol. The van der Waals surface area contributed by atoms with Gasteiger partial charge in [-0.25, -0.2) is 14.3 Å². The van der Waals surface area contributed by atoms with Gasteiger partial charge in [-0.05, 0) is 47.2 Å². The molecular weight excluding hydrogens is 608 g/mol. The molecule has 48 heavy (non-hydrogen) atoms. The van der Waals surface area contributed by atoms with Gasteiger partial charge in [-0.15, -0.1) is 10.2 Å². The number of esters is 1. The van der Waals surface area contributed by atoms with Crippen LogP contribution in [0.2, 0.25) is 0 Å². The van der Waals surface area contributed by atoms with E-state index >= 15 is 0 Å². The minimum atomic E-state index is -0.678. The van der Waals surface area contributed by atoms with Gasteiger partial charge in [0.1, 0.15) is 12.4 Å². The molecule has 3 heterocycles. The third-order valence-electron chi connectivity index (χ3n) is 9.37. The second-order valence-corrected chi connectivity index (χ2v) is 12.2. The van der Waals surface area contributed by atoms with E-state index in [0.29, 0.717) is 23.5 Å². The fourth-order valence-electron chi connectivity index (χ4n) is 6.84. The first-order chi connectivity index (χ1) is 23.4. The quantitative estimate of drug-likeness (QED) is 0.215. The molecule has 3 aromatic heterocycles. The van der Waals surface area contributed by atoms with Gasteiger partial charge >= 0.3 is 11.7 Å². The maximum absolute atomic E-state index is 14.3. The van der Waals surface area contributed by atoms with Gasteiger partial charge in [0.2, 0.25) is 5.82 Å². The Hall–Kier alpha value is -5.65. The van der Waals surface area contributed by atoms with Gasteiger partial charge in [-0.2, -0.15) is 5.21 Å². The number of fused-ring (bicyclic) bond motifs is 1. The van der Waals surface area contributed by atoms with E-state index in [4.69, 9.17) is 9.72 Å². The van der Waals surface area contributed by atoms with Gasteiger partial charge < -0.3 is 9.30 Å². The number of nitrogens with one attached hydrogen (secondary N) is 1. The Morgan fingerprint density at radius 1 is 0.917 bits per heavy atom. The number of ether oxygens (including phenoxy) is 1. The number of hydrogen-bond donors (Lipinski definition) is 1. The summed E-state index contributed by atoms with van der Waals surface area (Å²) in [6.45, 7) is 1.78. The van der Waals surface area contributed by atoms with Crippen molar-refractivity contribution in [3.8, 4) is 22.5 Å². The fourth-order valence-corrected chi connectivity index (χ4v) is 6.84. The van der Waals surface area contributed by atoms with Crippen molar-refractivity contribution >= 4 is 17.1 Å². The molecule has 1 aliphatic rings. The molecule has 244 valence electrons. The third-order valence-corrected chi connectivity index (χ3v) is 9.37. The Morgan fingerprint density at radius 3 is 2.31 bits per heavy atom. The summed E-state index contributed by atoms with van der Waals surface area (Å²) in [4.78, 5) is 45.9. The van der Waals surface area contributed by atoms with Crippen LogP contribution in [0.15, 0.2) is 88.5 Å². The number of aromatic nitrogens is 8. The number of H-pyrrole nitrogens is 1. The van der Waals surface area contributed by atoms with Gasteiger partial charge in [-0.1, -0.05) is 98.1 Å². The maximum Gasteiger partial charge on any atom is 0.333 e. The molecule has 1 saturated carbocycles. The van der Waals surface area contributed by atoms with Crippen molar-refractivity contribution in [1.82, 2.24) is 39.3 Å². The van der Waals surface area contributed by atoms with Crippen molar-refractivity contribution in [2.75, 3.05) is 7.11 Å². The normalized spacial score (nSPS) is 14.3. The Kier molecular flexibility index (Phi) is 8.53. The monoisotopic (exact) mass is 644 g/mol. The van der Waals surface area contributed by atoms with Crippen molar-refractivity contribution < 1.29 is 9.53 Å². The van der Waals surface area contributed by atoms with E-state index < -0.39 is 29.8 Å². The summed E-state index contributed by atoms with van der Waals surface area (Å²) in [5.74, 6) is 0.757. The van der Waals surface area contributed by atoms with Crippen molar-refractivity contribution in [2.24, 2.45) is 0 Å². The molecule has 0 bridgehead atoms. The second kappa shape index (κ2) is 13.2. The molecule has 1 N–H and O–H groups in total. The molecule has 0 amide bonds. The smallest absolute Gasteiger partial charge is 0.333 e. The van der Waals surface area contributed by atoms with Gasteiger partial charge in [0.25, 0.3) is 5.56 Å². The minimum absolute atomic E-state index is 0.135. The van der Waals surface area contributed by atoms with Crippen LogP contribution in [-0.2, 0) is 22.6 Å². The third kappa shape index (κ3) is 5.74. The molecule has 0 aliphatic heterocycles. The van der Waals surface area contributed by atoms with Crippen LogP contribution in [0.3, 0.4) is 0 Å². The summed E-state index contributed by atoms with van der Waals surface area (Å²) in [5, 5.41) is 14.6. The van der Waals surface area contributed by atoms with Crippen molar-refractivity contribution in [1.29, 1.82) is 0 Å². The van der Waals surface area contributed by atoms with E-state index in [1.807, 2.05) is 90.4 Å². The number of aromatic amines is 1. The predicted octanol–water partition coefficient (Wildman–Crippen LogP) is 5.09. The summed E-state index contributed by atoms with van der Waals surface area (Å²) in [6.07, 6.45) is 5.20. The van der Waals surface area contributed by atoms with Gasteiger partial charge in [-0.3, -0.25) is 14.2 Å². The molecule has 0 radical (unpaired) electrons. The lowest BCUT2D eigenvalue weighted by Gasteiger charge is -2.22. The van der Waals surface area contributed by atoms with Crippen LogP contribution in [0.1, 0.15) is 67.9 Å². The van der Waals surface area contributed by atoms with Crippen molar-refractivity contribution in [3.63, 3.8) is 0 Å². The number of hydrogen-bond acceptors (Lipinski definition) is 8. The maximum atomic E-state index is 14.3. The lowest BCUT2D eigenvalue weighted by Crippen LogP contribution is -2.43. The Balaban J connectivity index is 1.38. The molecule has 1 aliphatic carbocycles. The highest BCUT2D eigenvalue weighted by Crippen LogP contribution is 2.35. The molecule has 7 rings (SSSR count). The van der Waals surface area contributed by atoms with E-state index in [1.54, 1.807) is 4.57 Å². The number of carbonyl (C=O) groups is 1. The Morgan fingerprint density at radius 2 is 1.62 bits per heavy atom. The zero-order valence-electron chi connectivity index (χ0n) is 26.9. The molecule has 6 aromatic rings. The molecule has 12 nitrogen and oxygen atoms in total. The molecule has 12 heteroatoms. The van der Waals surface area contributed by atoms with Crippen LogP contribution >= 0.6 is 0 Å². The highest BCUT2D eigenvalue weighted by molar-refractivity contribution is 5.80. The fraction of sp³-hybridized carbons (Fsp3) is 0.306. The highest BCUT2D eigenvalue weighted by Gasteiger charge is 2.29. The van der Waals surface area contributed by atoms with E-state index in [1.165, 1.54) is 7.11 Å². The largest absolute Gasteiger partial charge is 0.468 e. The van der Waals surface area contributed by atoms with E-state index in [9.17, 15) is 14.4 Å². The topological polar surface area (TPSA) is 143 Å².